The van der Waals surface area contributed by atoms with Crippen LogP contribution in [0.4, 0.5) is 11.4 Å². The van der Waals surface area contributed by atoms with Crippen molar-refractivity contribution < 1.29 is 9.59 Å². The van der Waals surface area contributed by atoms with Crippen LogP contribution in [0.5, 0.6) is 0 Å². The first-order valence-corrected chi connectivity index (χ1v) is 10.6. The molecule has 2 amide bonds. The summed E-state index contributed by atoms with van der Waals surface area (Å²) >= 11 is 6.11. The van der Waals surface area contributed by atoms with Gasteiger partial charge in [-0.1, -0.05) is 66.6 Å². The predicted molar refractivity (Wildman–Crippen MR) is 130 cm³/mol. The van der Waals surface area contributed by atoms with Crippen LogP contribution in [0.25, 0.3) is 0 Å². The second kappa shape index (κ2) is 11.1. The smallest absolute Gasteiger partial charge is 0.329 e. The molecule has 32 heavy (non-hydrogen) atoms. The molecular formula is C25H25ClN4O2. The number of anilines is 2. The fourth-order valence-corrected chi connectivity index (χ4v) is 3.16. The summed E-state index contributed by atoms with van der Waals surface area (Å²) in [7, 11) is 0. The minimum absolute atomic E-state index is 0.0818. The number of nitrogens with one attached hydrogen (secondary N) is 3. The van der Waals surface area contributed by atoms with Crippen LogP contribution in [0.1, 0.15) is 29.5 Å². The summed E-state index contributed by atoms with van der Waals surface area (Å²) in [5.41, 5.74) is 6.83. The van der Waals surface area contributed by atoms with Gasteiger partial charge in [0.05, 0.1) is 6.21 Å². The van der Waals surface area contributed by atoms with E-state index in [2.05, 4.69) is 21.2 Å². The first-order chi connectivity index (χ1) is 15.4. The Labute approximate surface area is 192 Å². The van der Waals surface area contributed by atoms with Gasteiger partial charge in [-0.05, 0) is 48.7 Å². The number of rotatable bonds is 7. The van der Waals surface area contributed by atoms with E-state index in [0.29, 0.717) is 17.1 Å². The third kappa shape index (κ3) is 6.68. The Morgan fingerprint density at radius 2 is 1.72 bits per heavy atom. The quantitative estimate of drug-likeness (QED) is 0.277. The van der Waals surface area contributed by atoms with Crippen LogP contribution in [-0.2, 0) is 9.59 Å². The maximum Gasteiger partial charge on any atom is 0.329 e. The Morgan fingerprint density at radius 3 is 2.44 bits per heavy atom. The minimum atomic E-state index is -0.836. The highest BCUT2D eigenvalue weighted by molar-refractivity contribution is 6.35. The summed E-state index contributed by atoms with van der Waals surface area (Å²) in [5.74, 6) is -1.50. The average Bonchev–Trinajstić information content (AvgIpc) is 2.80. The van der Waals surface area contributed by atoms with E-state index in [4.69, 9.17) is 11.6 Å². The van der Waals surface area contributed by atoms with Gasteiger partial charge in [0, 0.05) is 28.5 Å². The molecule has 0 heterocycles. The first kappa shape index (κ1) is 23.0. The van der Waals surface area contributed by atoms with E-state index in [-0.39, 0.29) is 5.92 Å². The molecule has 0 unspecified atom stereocenters. The summed E-state index contributed by atoms with van der Waals surface area (Å²) in [4.78, 5) is 24.2. The molecule has 0 saturated carbocycles. The van der Waals surface area contributed by atoms with E-state index in [0.717, 1.165) is 22.5 Å². The molecule has 3 aromatic carbocycles. The van der Waals surface area contributed by atoms with Crippen LogP contribution in [0.15, 0.2) is 77.9 Å². The number of carbonyl (C=O) groups is 2. The van der Waals surface area contributed by atoms with Crippen molar-refractivity contribution in [3.05, 3.63) is 94.5 Å². The molecule has 0 aliphatic heterocycles. The van der Waals surface area contributed by atoms with Gasteiger partial charge < -0.3 is 10.6 Å². The van der Waals surface area contributed by atoms with Gasteiger partial charge in [0.15, 0.2) is 0 Å². The molecule has 0 bridgehead atoms. The van der Waals surface area contributed by atoms with Gasteiger partial charge in [-0.25, -0.2) is 5.43 Å². The van der Waals surface area contributed by atoms with Gasteiger partial charge in [0.2, 0.25) is 0 Å². The van der Waals surface area contributed by atoms with Gasteiger partial charge in [0.1, 0.15) is 0 Å². The molecule has 164 valence electrons. The van der Waals surface area contributed by atoms with E-state index < -0.39 is 11.8 Å². The third-order valence-corrected chi connectivity index (χ3v) is 5.09. The number of hydrogen-bond acceptors (Lipinski definition) is 4. The van der Waals surface area contributed by atoms with Crippen LogP contribution >= 0.6 is 11.6 Å². The molecule has 0 saturated heterocycles. The predicted octanol–water partition coefficient (Wildman–Crippen LogP) is 4.76. The second-order valence-electron chi connectivity index (χ2n) is 7.44. The minimum Gasteiger partial charge on any atom is -0.355 e. The van der Waals surface area contributed by atoms with Gasteiger partial charge >= 0.3 is 11.8 Å². The highest BCUT2D eigenvalue weighted by Crippen LogP contribution is 2.23. The van der Waals surface area contributed by atoms with E-state index in [1.54, 1.807) is 12.1 Å². The van der Waals surface area contributed by atoms with Gasteiger partial charge in [-0.15, -0.1) is 0 Å². The Balaban J connectivity index is 1.57. The Hall–Kier alpha value is -3.64. The van der Waals surface area contributed by atoms with Gasteiger partial charge in [-0.3, -0.25) is 9.59 Å². The first-order valence-electron chi connectivity index (χ1n) is 10.2. The van der Waals surface area contributed by atoms with Crippen LogP contribution in [0, 0.1) is 6.92 Å². The van der Waals surface area contributed by atoms with Crippen molar-refractivity contribution in [2.24, 2.45) is 5.10 Å². The molecule has 6 nitrogen and oxygen atoms in total. The fraction of sp³-hybridized carbons (Fsp3) is 0.160. The lowest BCUT2D eigenvalue weighted by molar-refractivity contribution is -0.139. The molecule has 0 radical (unpaired) electrons. The Bertz CT molecular complexity index is 1100. The zero-order valence-electron chi connectivity index (χ0n) is 17.9. The molecule has 1 atom stereocenters. The van der Waals surface area contributed by atoms with Crippen LogP contribution in [0.3, 0.4) is 0 Å². The third-order valence-electron chi connectivity index (χ3n) is 4.86. The zero-order valence-corrected chi connectivity index (χ0v) is 18.7. The average molecular weight is 449 g/mol. The van der Waals surface area contributed by atoms with Crippen molar-refractivity contribution in [3.8, 4) is 0 Å². The highest BCUT2D eigenvalue weighted by atomic mass is 35.5. The van der Waals surface area contributed by atoms with Crippen molar-refractivity contribution in [1.82, 2.24) is 10.7 Å². The molecular weight excluding hydrogens is 424 g/mol. The maximum absolute atomic E-state index is 12.1. The number of nitrogens with zero attached hydrogens (tertiary/aromatic N) is 1. The zero-order chi connectivity index (χ0) is 22.9. The van der Waals surface area contributed by atoms with Gasteiger partial charge in [0.25, 0.3) is 0 Å². The Kier molecular flexibility index (Phi) is 8.00. The summed E-state index contributed by atoms with van der Waals surface area (Å²) in [5, 5.41) is 10.4. The van der Waals surface area contributed by atoms with E-state index in [9.17, 15) is 9.59 Å². The number of amides is 2. The number of halogens is 1. The number of benzene rings is 3. The summed E-state index contributed by atoms with van der Waals surface area (Å²) in [6, 6.07) is 23.0. The van der Waals surface area contributed by atoms with E-state index >= 15 is 0 Å². The molecule has 3 rings (SSSR count). The molecule has 0 fully saturated rings. The number of hydrazone groups is 1. The lowest BCUT2D eigenvalue weighted by Gasteiger charge is -2.12. The maximum atomic E-state index is 12.1. The van der Waals surface area contributed by atoms with Crippen LogP contribution < -0.4 is 16.1 Å². The molecule has 0 aliphatic rings. The van der Waals surface area contributed by atoms with E-state index in [1.165, 1.54) is 6.21 Å². The highest BCUT2D eigenvalue weighted by Gasteiger charge is 2.14. The lowest BCUT2D eigenvalue weighted by atomic mass is 10.0. The molecule has 3 aromatic rings. The normalized spacial score (nSPS) is 11.7. The molecule has 3 N–H and O–H groups in total. The molecule has 7 heteroatoms. The summed E-state index contributed by atoms with van der Waals surface area (Å²) in [6.07, 6.45) is 1.44. The monoisotopic (exact) mass is 448 g/mol. The number of aryl methyl sites for hydroxylation is 1. The molecule has 0 spiro atoms. The second-order valence-corrected chi connectivity index (χ2v) is 7.88. The molecule has 0 aliphatic carbocycles. The number of hydrogen-bond donors (Lipinski definition) is 3. The summed E-state index contributed by atoms with van der Waals surface area (Å²) in [6.45, 7) is 4.34. The fourth-order valence-electron chi connectivity index (χ4n) is 2.98. The van der Waals surface area contributed by atoms with Crippen molar-refractivity contribution in [2.45, 2.75) is 19.8 Å². The Morgan fingerprint density at radius 1 is 1.00 bits per heavy atom. The van der Waals surface area contributed by atoms with Crippen molar-refractivity contribution in [2.75, 3.05) is 11.9 Å². The summed E-state index contributed by atoms with van der Waals surface area (Å²) < 4.78 is 0. The topological polar surface area (TPSA) is 82.6 Å². The SMILES string of the molecule is Cc1ccc(Nc2ccc(Cl)cc2/C=N\NC(=O)C(=O)NC[C@@H](C)c2ccccc2)cc1. The largest absolute Gasteiger partial charge is 0.355 e. The molecule has 0 aromatic heterocycles. The van der Waals surface area contributed by atoms with Crippen LogP contribution in [-0.4, -0.2) is 24.6 Å². The van der Waals surface area contributed by atoms with Crippen molar-refractivity contribution in [1.29, 1.82) is 0 Å². The van der Waals surface area contributed by atoms with Crippen molar-refractivity contribution in [3.63, 3.8) is 0 Å². The van der Waals surface area contributed by atoms with Gasteiger partial charge in [-0.2, -0.15) is 5.10 Å². The van der Waals surface area contributed by atoms with E-state index in [1.807, 2.05) is 74.5 Å². The van der Waals surface area contributed by atoms with Crippen molar-refractivity contribution >= 4 is 41.0 Å². The van der Waals surface area contributed by atoms with Crippen LogP contribution in [0.2, 0.25) is 5.02 Å². The standard InChI is InChI=1S/C25H25ClN4O2/c1-17-8-11-22(12-9-17)29-23-13-10-21(26)14-20(23)16-28-30-25(32)24(31)27-15-18(2)19-6-4-3-5-7-19/h3-14,16,18,29H,15H2,1-2H3,(H,27,31)(H,30,32)/b28-16-/t18-/m1/s1. The number of carbonyl (C=O) groups excluding carboxylic acids is 2. The lowest BCUT2D eigenvalue weighted by Crippen LogP contribution is -2.39.